The van der Waals surface area contributed by atoms with Crippen LogP contribution in [0.4, 0.5) is 20.6 Å². The molecule has 4 N–H and O–H groups in total. The Bertz CT molecular complexity index is 1550. The molecule has 0 aromatic heterocycles. The summed E-state index contributed by atoms with van der Waals surface area (Å²) in [6, 6.07) is 16.0. The average Bonchev–Trinajstić information content (AvgIpc) is 3.07. The Morgan fingerprint density at radius 2 is 1.69 bits per heavy atom. The van der Waals surface area contributed by atoms with Crippen molar-refractivity contribution in [3.8, 4) is 5.75 Å². The Hall–Kier alpha value is -4.52. The number of hydrogen-bond donors (Lipinski definition) is 4. The molecule has 0 spiro atoms. The van der Waals surface area contributed by atoms with Gasteiger partial charge in [0, 0.05) is 43.5 Å². The van der Waals surface area contributed by atoms with Gasteiger partial charge in [0.1, 0.15) is 11.6 Å². The number of fused-ring (bicyclic) bond motifs is 1. The smallest absolute Gasteiger partial charge is 0.335 e. The molecule has 0 aliphatic carbocycles. The Morgan fingerprint density at radius 1 is 1.02 bits per heavy atom. The van der Waals surface area contributed by atoms with E-state index in [0.717, 1.165) is 24.8 Å². The number of rotatable bonds is 9. The maximum Gasteiger partial charge on any atom is 0.335 e. The second-order valence-electron chi connectivity index (χ2n) is 12.8. The van der Waals surface area contributed by atoms with Crippen LogP contribution in [0.5, 0.6) is 5.75 Å². The number of benzene rings is 3. The number of amides is 3. The molecular formula is C37H47FN4O7. The summed E-state index contributed by atoms with van der Waals surface area (Å²) in [6.07, 6.45) is 1.97. The van der Waals surface area contributed by atoms with Crippen molar-refractivity contribution in [2.45, 2.75) is 64.8 Å². The van der Waals surface area contributed by atoms with Crippen molar-refractivity contribution in [1.82, 2.24) is 9.80 Å². The standard InChI is InChI=1S/C37H47FN4O7/c1-24-20-42(25(2)23-43)35(44)32-19-31(40-37(47)39-30-14-12-29(38)13-15-30)16-17-33(32)49-26(3)7-5-6-18-48-34(24)22-41(4)21-27-8-10-28(11-9-27)36(45)46/h8-17,19,24-26,34,43H,5-7,18,20-23H2,1-4H3,(H,45,46)(H2,39,40,47)/t24-,25+,26+,34+/m1/s1. The minimum atomic E-state index is -0.971. The molecule has 1 heterocycles. The molecule has 1 aliphatic rings. The number of halogens is 1. The van der Waals surface area contributed by atoms with E-state index in [2.05, 4.69) is 15.5 Å². The van der Waals surface area contributed by atoms with Crippen LogP contribution in [0.15, 0.2) is 66.7 Å². The van der Waals surface area contributed by atoms with Gasteiger partial charge in [-0.3, -0.25) is 9.69 Å². The minimum Gasteiger partial charge on any atom is -0.490 e. The summed E-state index contributed by atoms with van der Waals surface area (Å²) in [4.78, 5) is 42.1. The summed E-state index contributed by atoms with van der Waals surface area (Å²) < 4.78 is 26.0. The number of aliphatic hydroxyl groups excluding tert-OH is 1. The Morgan fingerprint density at radius 3 is 2.37 bits per heavy atom. The number of carbonyl (C=O) groups is 3. The highest BCUT2D eigenvalue weighted by Crippen LogP contribution is 2.29. The van der Waals surface area contributed by atoms with Crippen LogP contribution in [-0.4, -0.2) is 89.5 Å². The molecule has 4 rings (SSSR count). The van der Waals surface area contributed by atoms with Crippen molar-refractivity contribution in [3.63, 3.8) is 0 Å². The number of urea groups is 1. The Kier molecular flexibility index (Phi) is 13.5. The first-order valence-corrected chi connectivity index (χ1v) is 16.6. The van der Waals surface area contributed by atoms with Gasteiger partial charge in [-0.05, 0) is 100 Å². The predicted octanol–water partition coefficient (Wildman–Crippen LogP) is 6.10. The zero-order valence-corrected chi connectivity index (χ0v) is 28.5. The number of carboxylic acid groups (broad SMARTS) is 1. The van der Waals surface area contributed by atoms with Gasteiger partial charge in [0.2, 0.25) is 0 Å². The van der Waals surface area contributed by atoms with Crippen LogP contribution in [-0.2, 0) is 11.3 Å². The fourth-order valence-corrected chi connectivity index (χ4v) is 5.73. The number of hydrogen-bond acceptors (Lipinski definition) is 7. The molecule has 0 unspecified atom stereocenters. The Balaban J connectivity index is 1.56. The largest absolute Gasteiger partial charge is 0.490 e. The summed E-state index contributed by atoms with van der Waals surface area (Å²) in [6.45, 7) is 7.44. The number of anilines is 2. The lowest BCUT2D eigenvalue weighted by Crippen LogP contribution is -2.47. The molecule has 0 saturated carbocycles. The first-order chi connectivity index (χ1) is 23.4. The number of nitrogens with zero attached hydrogens (tertiary/aromatic N) is 2. The number of carbonyl (C=O) groups excluding carboxylic acids is 2. The highest BCUT2D eigenvalue weighted by Gasteiger charge is 2.30. The van der Waals surface area contributed by atoms with Crippen LogP contribution in [0, 0.1) is 11.7 Å². The van der Waals surface area contributed by atoms with E-state index in [0.29, 0.717) is 36.8 Å². The molecule has 0 fully saturated rings. The van der Waals surface area contributed by atoms with Gasteiger partial charge in [-0.25, -0.2) is 14.0 Å². The number of carboxylic acids is 1. The van der Waals surface area contributed by atoms with E-state index < -0.39 is 23.9 Å². The molecular weight excluding hydrogens is 631 g/mol. The lowest BCUT2D eigenvalue weighted by Gasteiger charge is -2.36. The summed E-state index contributed by atoms with van der Waals surface area (Å²) in [5.41, 5.74) is 2.20. The summed E-state index contributed by atoms with van der Waals surface area (Å²) in [7, 11) is 1.97. The molecule has 12 heteroatoms. The third-order valence-electron chi connectivity index (χ3n) is 8.56. The van der Waals surface area contributed by atoms with E-state index in [4.69, 9.17) is 9.47 Å². The fourth-order valence-electron chi connectivity index (χ4n) is 5.73. The molecule has 3 aromatic rings. The molecule has 264 valence electrons. The average molecular weight is 679 g/mol. The topological polar surface area (TPSA) is 141 Å². The molecule has 3 amide bonds. The van der Waals surface area contributed by atoms with Crippen molar-refractivity contribution >= 4 is 29.3 Å². The van der Waals surface area contributed by atoms with Crippen LogP contribution >= 0.6 is 0 Å². The van der Waals surface area contributed by atoms with Crippen LogP contribution < -0.4 is 15.4 Å². The van der Waals surface area contributed by atoms with Crippen LogP contribution in [0.25, 0.3) is 0 Å². The monoisotopic (exact) mass is 678 g/mol. The van der Waals surface area contributed by atoms with Crippen molar-refractivity contribution in [2.24, 2.45) is 5.92 Å². The zero-order chi connectivity index (χ0) is 35.5. The number of nitrogens with one attached hydrogen (secondary N) is 2. The molecule has 0 radical (unpaired) electrons. The number of likely N-dealkylation sites (N-methyl/N-ethyl adjacent to an activating group) is 1. The van der Waals surface area contributed by atoms with Gasteiger partial charge in [0.15, 0.2) is 0 Å². The third-order valence-corrected chi connectivity index (χ3v) is 8.56. The molecule has 1 aliphatic heterocycles. The number of aliphatic hydroxyl groups is 1. The molecule has 3 aromatic carbocycles. The lowest BCUT2D eigenvalue weighted by atomic mass is 10.0. The quantitative estimate of drug-likeness (QED) is 0.213. The molecule has 11 nitrogen and oxygen atoms in total. The van der Waals surface area contributed by atoms with E-state index in [-0.39, 0.29) is 48.3 Å². The normalized spacial score (nSPS) is 19.7. The lowest BCUT2D eigenvalue weighted by molar-refractivity contribution is -0.0177. The second-order valence-corrected chi connectivity index (χ2v) is 12.8. The maximum atomic E-state index is 14.3. The zero-order valence-electron chi connectivity index (χ0n) is 28.5. The van der Waals surface area contributed by atoms with Crippen molar-refractivity contribution in [2.75, 3.05) is 44.0 Å². The first-order valence-electron chi connectivity index (χ1n) is 16.6. The van der Waals surface area contributed by atoms with Crippen LogP contribution in [0.3, 0.4) is 0 Å². The molecule has 0 saturated heterocycles. The van der Waals surface area contributed by atoms with E-state index in [1.54, 1.807) is 54.3 Å². The third kappa shape index (κ3) is 11.0. The fraction of sp³-hybridized carbons (Fsp3) is 0.432. The van der Waals surface area contributed by atoms with Gasteiger partial charge < -0.3 is 35.2 Å². The first kappa shape index (κ1) is 37.3. The Labute approximate surface area is 287 Å². The van der Waals surface area contributed by atoms with E-state index >= 15 is 0 Å². The van der Waals surface area contributed by atoms with Crippen LogP contribution in [0.1, 0.15) is 66.3 Å². The molecule has 49 heavy (non-hydrogen) atoms. The van der Waals surface area contributed by atoms with Gasteiger partial charge in [0.25, 0.3) is 5.91 Å². The van der Waals surface area contributed by atoms with Gasteiger partial charge in [0.05, 0.1) is 36.0 Å². The van der Waals surface area contributed by atoms with Gasteiger partial charge >= 0.3 is 12.0 Å². The maximum absolute atomic E-state index is 14.3. The van der Waals surface area contributed by atoms with Gasteiger partial charge in [-0.15, -0.1) is 0 Å². The molecule has 4 atom stereocenters. The SMILES string of the molecule is C[C@@H]1CN([C@@H](C)CO)C(=O)c2cc(NC(=O)Nc3ccc(F)cc3)ccc2O[C@@H](C)CCCCO[C@H]1CN(C)Cc1ccc(C(=O)O)cc1. The second kappa shape index (κ2) is 17.8. The van der Waals surface area contributed by atoms with Gasteiger partial charge in [-0.2, -0.15) is 0 Å². The van der Waals surface area contributed by atoms with Crippen molar-refractivity contribution in [3.05, 3.63) is 89.2 Å². The van der Waals surface area contributed by atoms with E-state index in [1.165, 1.54) is 24.3 Å². The number of ether oxygens (including phenoxy) is 2. The van der Waals surface area contributed by atoms with Crippen molar-refractivity contribution < 1.29 is 38.5 Å². The molecule has 0 bridgehead atoms. The highest BCUT2D eigenvalue weighted by molar-refractivity contribution is 6.02. The minimum absolute atomic E-state index is 0.135. The van der Waals surface area contributed by atoms with E-state index in [1.807, 2.05) is 20.9 Å². The summed E-state index contributed by atoms with van der Waals surface area (Å²) in [5.74, 6) is -1.51. The summed E-state index contributed by atoms with van der Waals surface area (Å²) >= 11 is 0. The van der Waals surface area contributed by atoms with Crippen LogP contribution in [0.2, 0.25) is 0 Å². The van der Waals surface area contributed by atoms with Gasteiger partial charge in [-0.1, -0.05) is 19.1 Å². The summed E-state index contributed by atoms with van der Waals surface area (Å²) in [5, 5.41) is 24.8. The predicted molar refractivity (Wildman–Crippen MR) is 186 cm³/mol. The van der Waals surface area contributed by atoms with E-state index in [9.17, 15) is 29.0 Å². The number of aromatic carboxylic acids is 1. The highest BCUT2D eigenvalue weighted by atomic mass is 19.1. The van der Waals surface area contributed by atoms with Crippen molar-refractivity contribution in [1.29, 1.82) is 0 Å².